The maximum absolute atomic E-state index is 12.7. The van der Waals surface area contributed by atoms with Crippen LogP contribution in [0.2, 0.25) is 0 Å². The summed E-state index contributed by atoms with van der Waals surface area (Å²) in [5.41, 5.74) is 2.35. The molecule has 8 heteroatoms. The van der Waals surface area contributed by atoms with Gasteiger partial charge in [0.15, 0.2) is 0 Å². The molecule has 1 aliphatic rings. The number of ether oxygens (including phenoxy) is 1. The van der Waals surface area contributed by atoms with E-state index in [1.54, 1.807) is 22.6 Å². The van der Waals surface area contributed by atoms with Crippen molar-refractivity contribution in [2.45, 2.75) is 11.6 Å². The molecule has 146 valence electrons. The molecule has 0 aliphatic carbocycles. The van der Waals surface area contributed by atoms with Crippen LogP contribution in [-0.2, 0) is 16.1 Å². The van der Waals surface area contributed by atoms with Crippen LogP contribution in [0.3, 0.4) is 0 Å². The Morgan fingerprint density at radius 2 is 2.07 bits per heavy atom. The number of carbonyl (C=O) groups excluding carboxylic acids is 1. The molecule has 0 unspecified atom stereocenters. The second kappa shape index (κ2) is 8.89. The molecule has 1 aromatic carbocycles. The fraction of sp³-hybridized carbons (Fsp3) is 0.350. The molecule has 0 saturated carbocycles. The fourth-order valence-electron chi connectivity index (χ4n) is 3.22. The predicted octanol–water partition coefficient (Wildman–Crippen LogP) is 3.28. The average molecular weight is 415 g/mol. The second-order valence-electron chi connectivity index (χ2n) is 6.58. The maximum atomic E-state index is 12.7. The maximum Gasteiger partial charge on any atom is 0.233 e. The van der Waals surface area contributed by atoms with Crippen LogP contribution in [0.4, 0.5) is 5.69 Å². The van der Waals surface area contributed by atoms with Crippen LogP contribution >= 0.6 is 23.1 Å². The summed E-state index contributed by atoms with van der Waals surface area (Å²) in [7, 11) is 1.86. The van der Waals surface area contributed by atoms with Crippen molar-refractivity contribution in [3.05, 3.63) is 47.6 Å². The van der Waals surface area contributed by atoms with Crippen LogP contribution in [0.15, 0.2) is 47.1 Å². The molecule has 2 aromatic heterocycles. The Labute approximate surface area is 172 Å². The Morgan fingerprint density at radius 3 is 2.93 bits per heavy atom. The molecule has 0 atom stereocenters. The first-order valence-electron chi connectivity index (χ1n) is 9.18. The number of aromatic nitrogens is 2. The molecular formula is C20H22N4O2S2. The average Bonchev–Trinajstić information content (AvgIpc) is 3.22. The Balaban J connectivity index is 1.40. The molecule has 4 rings (SSSR count). The summed E-state index contributed by atoms with van der Waals surface area (Å²) in [6, 6.07) is 10.3. The standard InChI is InChI=1S/C20H22N4O2S2/c1-23(12-15-4-2-3-5-17(15)24-7-9-26-10-8-24)18(25)13-28-20-16-6-11-27-19(16)21-14-22-20/h2-6,11,14H,7-10,12-13H2,1H3. The van der Waals surface area contributed by atoms with Gasteiger partial charge in [0.2, 0.25) is 5.91 Å². The van der Waals surface area contributed by atoms with Gasteiger partial charge in [-0.3, -0.25) is 4.79 Å². The first kappa shape index (κ1) is 19.2. The lowest BCUT2D eigenvalue weighted by Gasteiger charge is -2.31. The van der Waals surface area contributed by atoms with Gasteiger partial charge in [0.25, 0.3) is 0 Å². The smallest absolute Gasteiger partial charge is 0.233 e. The number of thiophene rings is 1. The van der Waals surface area contributed by atoms with Gasteiger partial charge in [-0.15, -0.1) is 11.3 Å². The minimum Gasteiger partial charge on any atom is -0.378 e. The van der Waals surface area contributed by atoms with Gasteiger partial charge in [0, 0.05) is 37.8 Å². The van der Waals surface area contributed by atoms with E-state index < -0.39 is 0 Å². The quantitative estimate of drug-likeness (QED) is 0.456. The molecular weight excluding hydrogens is 392 g/mol. The zero-order valence-electron chi connectivity index (χ0n) is 15.7. The summed E-state index contributed by atoms with van der Waals surface area (Å²) in [6.45, 7) is 3.85. The first-order valence-corrected chi connectivity index (χ1v) is 11.0. The van der Waals surface area contributed by atoms with Gasteiger partial charge in [-0.2, -0.15) is 0 Å². The van der Waals surface area contributed by atoms with E-state index in [1.807, 2.05) is 30.6 Å². The zero-order valence-corrected chi connectivity index (χ0v) is 17.3. The third-order valence-electron chi connectivity index (χ3n) is 4.73. The number of para-hydroxylation sites is 1. The molecule has 1 fully saturated rings. The molecule has 1 amide bonds. The minimum atomic E-state index is 0.0868. The van der Waals surface area contributed by atoms with Gasteiger partial charge in [0.05, 0.1) is 19.0 Å². The second-order valence-corrected chi connectivity index (χ2v) is 8.44. The van der Waals surface area contributed by atoms with Crippen molar-refractivity contribution in [3.63, 3.8) is 0 Å². The Hall–Kier alpha value is -2.16. The molecule has 0 spiro atoms. The highest BCUT2D eigenvalue weighted by molar-refractivity contribution is 8.00. The van der Waals surface area contributed by atoms with E-state index in [0.29, 0.717) is 12.3 Å². The van der Waals surface area contributed by atoms with Gasteiger partial charge in [-0.05, 0) is 23.1 Å². The number of amides is 1. The van der Waals surface area contributed by atoms with E-state index in [1.165, 1.54) is 17.4 Å². The number of hydrogen-bond donors (Lipinski definition) is 0. The largest absolute Gasteiger partial charge is 0.378 e. The normalized spacial score (nSPS) is 14.4. The SMILES string of the molecule is CN(Cc1ccccc1N1CCOCC1)C(=O)CSc1ncnc2sccc12. The van der Waals surface area contributed by atoms with Crippen molar-refractivity contribution in [1.29, 1.82) is 0 Å². The van der Waals surface area contributed by atoms with E-state index in [0.717, 1.165) is 47.1 Å². The Morgan fingerprint density at radius 1 is 1.25 bits per heavy atom. The lowest BCUT2D eigenvalue weighted by molar-refractivity contribution is -0.127. The summed E-state index contributed by atoms with van der Waals surface area (Å²) in [5, 5.41) is 3.88. The van der Waals surface area contributed by atoms with Crippen LogP contribution in [0, 0.1) is 0 Å². The Kier molecular flexibility index (Phi) is 6.09. The molecule has 28 heavy (non-hydrogen) atoms. The number of nitrogens with zero attached hydrogens (tertiary/aromatic N) is 4. The van der Waals surface area contributed by atoms with Gasteiger partial charge >= 0.3 is 0 Å². The highest BCUT2D eigenvalue weighted by Crippen LogP contribution is 2.28. The number of fused-ring (bicyclic) bond motifs is 1. The molecule has 3 heterocycles. The monoisotopic (exact) mass is 414 g/mol. The van der Waals surface area contributed by atoms with Crippen molar-refractivity contribution < 1.29 is 9.53 Å². The third-order valence-corrected chi connectivity index (χ3v) is 6.54. The molecule has 0 bridgehead atoms. The summed E-state index contributed by atoms with van der Waals surface area (Å²) in [5.74, 6) is 0.446. The van der Waals surface area contributed by atoms with Gasteiger partial charge in [0.1, 0.15) is 16.2 Å². The Bertz CT molecular complexity index is 956. The van der Waals surface area contributed by atoms with E-state index in [-0.39, 0.29) is 5.91 Å². The van der Waals surface area contributed by atoms with Crippen LogP contribution in [-0.4, -0.2) is 59.9 Å². The van der Waals surface area contributed by atoms with Crippen LogP contribution in [0.25, 0.3) is 10.2 Å². The summed E-state index contributed by atoms with van der Waals surface area (Å²) in [6.07, 6.45) is 1.56. The van der Waals surface area contributed by atoms with Crippen LogP contribution in [0.5, 0.6) is 0 Å². The molecule has 0 N–H and O–H groups in total. The topological polar surface area (TPSA) is 58.6 Å². The highest BCUT2D eigenvalue weighted by Gasteiger charge is 2.17. The lowest BCUT2D eigenvalue weighted by Crippen LogP contribution is -2.37. The highest BCUT2D eigenvalue weighted by atomic mass is 32.2. The lowest BCUT2D eigenvalue weighted by atomic mass is 10.1. The van der Waals surface area contributed by atoms with Crippen molar-refractivity contribution in [2.24, 2.45) is 0 Å². The molecule has 6 nitrogen and oxygen atoms in total. The molecule has 0 radical (unpaired) electrons. The third kappa shape index (κ3) is 4.29. The molecule has 1 saturated heterocycles. The number of hydrogen-bond acceptors (Lipinski definition) is 7. The summed E-state index contributed by atoms with van der Waals surface area (Å²) >= 11 is 3.06. The predicted molar refractivity (Wildman–Crippen MR) is 114 cm³/mol. The zero-order chi connectivity index (χ0) is 19.3. The van der Waals surface area contributed by atoms with E-state index in [2.05, 4.69) is 27.0 Å². The number of anilines is 1. The van der Waals surface area contributed by atoms with Gasteiger partial charge in [-0.25, -0.2) is 9.97 Å². The van der Waals surface area contributed by atoms with Crippen LogP contribution in [0.1, 0.15) is 5.56 Å². The van der Waals surface area contributed by atoms with Crippen molar-refractivity contribution in [3.8, 4) is 0 Å². The summed E-state index contributed by atoms with van der Waals surface area (Å²) < 4.78 is 5.46. The van der Waals surface area contributed by atoms with Crippen molar-refractivity contribution >= 4 is 44.9 Å². The fourth-order valence-corrected chi connectivity index (χ4v) is 4.94. The number of carbonyl (C=O) groups is 1. The van der Waals surface area contributed by atoms with Gasteiger partial charge in [-0.1, -0.05) is 30.0 Å². The number of thioether (sulfide) groups is 1. The molecule has 3 aromatic rings. The summed E-state index contributed by atoms with van der Waals surface area (Å²) in [4.78, 5) is 26.4. The van der Waals surface area contributed by atoms with E-state index in [9.17, 15) is 4.79 Å². The van der Waals surface area contributed by atoms with Crippen molar-refractivity contribution in [1.82, 2.24) is 14.9 Å². The van der Waals surface area contributed by atoms with E-state index >= 15 is 0 Å². The number of morpholine rings is 1. The van der Waals surface area contributed by atoms with Crippen LogP contribution < -0.4 is 4.90 Å². The van der Waals surface area contributed by atoms with E-state index in [4.69, 9.17) is 4.74 Å². The number of rotatable bonds is 6. The minimum absolute atomic E-state index is 0.0868. The van der Waals surface area contributed by atoms with Gasteiger partial charge < -0.3 is 14.5 Å². The first-order chi connectivity index (χ1) is 13.7. The van der Waals surface area contributed by atoms with Crippen molar-refractivity contribution in [2.75, 3.05) is 44.0 Å². The molecule has 1 aliphatic heterocycles. The number of benzene rings is 1.